The molecule has 0 aliphatic rings. The van der Waals surface area contributed by atoms with Gasteiger partial charge in [0.25, 0.3) is 0 Å². The first-order valence-corrected chi connectivity index (χ1v) is 9.30. The van der Waals surface area contributed by atoms with Crippen molar-refractivity contribution >= 4 is 34.8 Å². The number of nitrogens with zero attached hydrogens (tertiary/aromatic N) is 2. The van der Waals surface area contributed by atoms with Crippen LogP contribution in [0.4, 0.5) is 11.5 Å². The Morgan fingerprint density at radius 1 is 0.900 bits per heavy atom. The van der Waals surface area contributed by atoms with Crippen LogP contribution in [0.15, 0.2) is 73.1 Å². The van der Waals surface area contributed by atoms with Crippen molar-refractivity contribution in [3.63, 3.8) is 0 Å². The van der Waals surface area contributed by atoms with Crippen LogP contribution in [0.5, 0.6) is 11.5 Å². The van der Waals surface area contributed by atoms with Gasteiger partial charge in [-0.15, -0.1) is 12.4 Å². The van der Waals surface area contributed by atoms with Crippen LogP contribution >= 0.6 is 12.4 Å². The summed E-state index contributed by atoms with van der Waals surface area (Å²) in [6, 6.07) is 21.5. The number of nitrogens with two attached hydrogens (primary N) is 1. The Morgan fingerprint density at radius 3 is 2.47 bits per heavy atom. The summed E-state index contributed by atoms with van der Waals surface area (Å²) in [5.74, 6) is 2.00. The molecule has 7 heteroatoms. The van der Waals surface area contributed by atoms with E-state index in [1.807, 2.05) is 66.7 Å². The third-order valence-corrected chi connectivity index (χ3v) is 4.57. The Balaban J connectivity index is 0.00000256. The molecule has 3 N–H and O–H groups in total. The van der Waals surface area contributed by atoms with Gasteiger partial charge < -0.3 is 20.5 Å². The second-order valence-electron chi connectivity index (χ2n) is 6.62. The van der Waals surface area contributed by atoms with Crippen molar-refractivity contribution in [2.24, 2.45) is 0 Å². The first-order valence-electron chi connectivity index (χ1n) is 9.30. The number of rotatable bonds is 7. The Kier molecular flexibility index (Phi) is 6.93. The standard InChI is InChI=1S/C23H22N4O2.ClH/c1-28-21-12-20-19(11-22(21)29-14-16-6-3-2-4-7-16)23(27-15-26-20)25-13-17-8-5-9-18(24)10-17;/h2-12,15H,13-14,24H2,1H3,(H,25,26,27);1H. The van der Waals surface area contributed by atoms with Crippen LogP contribution in [0.25, 0.3) is 10.9 Å². The number of benzene rings is 3. The molecule has 6 nitrogen and oxygen atoms in total. The first-order chi connectivity index (χ1) is 14.2. The molecule has 30 heavy (non-hydrogen) atoms. The average Bonchev–Trinajstić information content (AvgIpc) is 2.76. The normalized spacial score (nSPS) is 10.3. The molecule has 0 unspecified atom stereocenters. The van der Waals surface area contributed by atoms with E-state index in [0.29, 0.717) is 24.7 Å². The Morgan fingerprint density at radius 2 is 1.70 bits per heavy atom. The predicted octanol–water partition coefficient (Wildman–Crippen LogP) is 4.83. The van der Waals surface area contributed by atoms with Gasteiger partial charge in [0, 0.05) is 23.7 Å². The molecule has 1 heterocycles. The topological polar surface area (TPSA) is 82.3 Å². The highest BCUT2D eigenvalue weighted by molar-refractivity contribution is 5.91. The number of anilines is 2. The SMILES string of the molecule is COc1cc2ncnc(NCc3cccc(N)c3)c2cc1OCc1ccccc1.Cl. The molecule has 0 fully saturated rings. The summed E-state index contributed by atoms with van der Waals surface area (Å²) >= 11 is 0. The quantitative estimate of drug-likeness (QED) is 0.415. The maximum atomic E-state index is 6.03. The zero-order valence-corrected chi connectivity index (χ0v) is 17.4. The van der Waals surface area contributed by atoms with E-state index in [4.69, 9.17) is 15.2 Å². The second kappa shape index (κ2) is 9.80. The lowest BCUT2D eigenvalue weighted by atomic mass is 10.2. The van der Waals surface area contributed by atoms with Crippen LogP contribution in [-0.2, 0) is 13.2 Å². The predicted molar refractivity (Wildman–Crippen MR) is 122 cm³/mol. The molecular formula is C23H23ClN4O2. The van der Waals surface area contributed by atoms with E-state index in [0.717, 1.165) is 33.5 Å². The number of halogens is 1. The molecule has 0 aliphatic heterocycles. The van der Waals surface area contributed by atoms with Gasteiger partial charge in [0.15, 0.2) is 11.5 Å². The van der Waals surface area contributed by atoms with Gasteiger partial charge >= 0.3 is 0 Å². The van der Waals surface area contributed by atoms with Gasteiger partial charge in [0.1, 0.15) is 18.8 Å². The largest absolute Gasteiger partial charge is 0.493 e. The number of ether oxygens (including phenoxy) is 2. The smallest absolute Gasteiger partial charge is 0.162 e. The Bertz CT molecular complexity index is 1120. The van der Waals surface area contributed by atoms with Crippen LogP contribution in [0.1, 0.15) is 11.1 Å². The fourth-order valence-corrected chi connectivity index (χ4v) is 3.10. The van der Waals surface area contributed by atoms with Crippen LogP contribution < -0.4 is 20.5 Å². The first kappa shape index (κ1) is 21.2. The Labute approximate surface area is 181 Å². The summed E-state index contributed by atoms with van der Waals surface area (Å²) in [5, 5.41) is 4.23. The van der Waals surface area contributed by atoms with E-state index in [1.54, 1.807) is 7.11 Å². The summed E-state index contributed by atoms with van der Waals surface area (Å²) in [5.41, 5.74) is 9.54. The molecule has 3 aromatic carbocycles. The van der Waals surface area contributed by atoms with E-state index in [2.05, 4.69) is 15.3 Å². The van der Waals surface area contributed by atoms with Gasteiger partial charge in [-0.3, -0.25) is 0 Å². The lowest BCUT2D eigenvalue weighted by Gasteiger charge is -2.14. The van der Waals surface area contributed by atoms with Gasteiger partial charge in [0.2, 0.25) is 0 Å². The summed E-state index contributed by atoms with van der Waals surface area (Å²) in [6.45, 7) is 1.05. The van der Waals surface area contributed by atoms with Crippen LogP contribution in [-0.4, -0.2) is 17.1 Å². The van der Waals surface area contributed by atoms with Gasteiger partial charge in [-0.1, -0.05) is 42.5 Å². The maximum Gasteiger partial charge on any atom is 0.162 e. The molecule has 0 aliphatic carbocycles. The number of hydrogen-bond donors (Lipinski definition) is 2. The third kappa shape index (κ3) is 4.90. The number of aromatic nitrogens is 2. The number of nitrogen functional groups attached to an aromatic ring is 1. The highest BCUT2D eigenvalue weighted by atomic mass is 35.5. The lowest BCUT2D eigenvalue weighted by molar-refractivity contribution is 0.285. The second-order valence-corrected chi connectivity index (χ2v) is 6.62. The number of fused-ring (bicyclic) bond motifs is 1. The minimum Gasteiger partial charge on any atom is -0.493 e. The van der Waals surface area contributed by atoms with Gasteiger partial charge in [-0.2, -0.15) is 0 Å². The summed E-state index contributed by atoms with van der Waals surface area (Å²) < 4.78 is 11.5. The summed E-state index contributed by atoms with van der Waals surface area (Å²) in [7, 11) is 1.62. The molecule has 0 saturated heterocycles. The average molecular weight is 423 g/mol. The van der Waals surface area contributed by atoms with Crippen molar-refractivity contribution in [3.8, 4) is 11.5 Å². The van der Waals surface area contributed by atoms with Crippen molar-refractivity contribution in [3.05, 3.63) is 84.2 Å². The van der Waals surface area contributed by atoms with Crippen molar-refractivity contribution in [2.75, 3.05) is 18.2 Å². The Hall–Kier alpha value is -3.51. The molecule has 4 rings (SSSR count). The maximum absolute atomic E-state index is 6.03. The monoisotopic (exact) mass is 422 g/mol. The van der Waals surface area contributed by atoms with Crippen molar-refractivity contribution in [1.29, 1.82) is 0 Å². The van der Waals surface area contributed by atoms with Crippen LogP contribution in [0.3, 0.4) is 0 Å². The van der Waals surface area contributed by atoms with Crippen LogP contribution in [0, 0.1) is 0 Å². The number of hydrogen-bond acceptors (Lipinski definition) is 6. The number of nitrogens with one attached hydrogen (secondary N) is 1. The van der Waals surface area contributed by atoms with E-state index in [-0.39, 0.29) is 12.4 Å². The highest BCUT2D eigenvalue weighted by Crippen LogP contribution is 2.34. The van der Waals surface area contributed by atoms with Crippen LogP contribution in [0.2, 0.25) is 0 Å². The minimum atomic E-state index is 0. The van der Waals surface area contributed by atoms with Gasteiger partial charge in [-0.25, -0.2) is 9.97 Å². The summed E-state index contributed by atoms with van der Waals surface area (Å²) in [6.07, 6.45) is 1.54. The molecular weight excluding hydrogens is 400 g/mol. The van der Waals surface area contributed by atoms with E-state index in [1.165, 1.54) is 6.33 Å². The molecule has 1 aromatic heterocycles. The zero-order chi connectivity index (χ0) is 20.1. The zero-order valence-electron chi connectivity index (χ0n) is 16.5. The lowest BCUT2D eigenvalue weighted by Crippen LogP contribution is -2.04. The summed E-state index contributed by atoms with van der Waals surface area (Å²) in [4.78, 5) is 8.78. The van der Waals surface area contributed by atoms with Crippen molar-refractivity contribution < 1.29 is 9.47 Å². The van der Waals surface area contributed by atoms with E-state index < -0.39 is 0 Å². The molecule has 0 amide bonds. The van der Waals surface area contributed by atoms with Gasteiger partial charge in [-0.05, 0) is 29.3 Å². The fraction of sp³-hybridized carbons (Fsp3) is 0.130. The molecule has 0 spiro atoms. The number of methoxy groups -OCH3 is 1. The molecule has 0 saturated carbocycles. The minimum absolute atomic E-state index is 0. The molecule has 0 bridgehead atoms. The molecule has 154 valence electrons. The third-order valence-electron chi connectivity index (χ3n) is 4.57. The van der Waals surface area contributed by atoms with E-state index in [9.17, 15) is 0 Å². The molecule has 4 aromatic rings. The highest BCUT2D eigenvalue weighted by Gasteiger charge is 2.12. The van der Waals surface area contributed by atoms with Crippen molar-refractivity contribution in [1.82, 2.24) is 9.97 Å². The molecule has 0 atom stereocenters. The van der Waals surface area contributed by atoms with Crippen molar-refractivity contribution in [2.45, 2.75) is 13.2 Å². The molecule has 0 radical (unpaired) electrons. The van der Waals surface area contributed by atoms with Gasteiger partial charge in [0.05, 0.1) is 12.6 Å². The van der Waals surface area contributed by atoms with E-state index >= 15 is 0 Å². The fourth-order valence-electron chi connectivity index (χ4n) is 3.10.